The van der Waals surface area contributed by atoms with Gasteiger partial charge in [-0.05, 0) is 25.0 Å². The highest BCUT2D eigenvalue weighted by Crippen LogP contribution is 2.20. The first-order valence-corrected chi connectivity index (χ1v) is 7.51. The molecule has 2 rings (SSSR count). The molecule has 0 saturated heterocycles. The Balaban J connectivity index is 2.08. The maximum absolute atomic E-state index is 12.1. The molecular formula is C11H18N4O2S. The van der Waals surface area contributed by atoms with Crippen molar-refractivity contribution in [1.82, 2.24) is 15.1 Å². The smallest absolute Gasteiger partial charge is 0.242 e. The number of hydrazine groups is 1. The SMILES string of the molecule is NNCc1ccc(S(=O)(=O)NC2CCCC2)cn1. The molecule has 0 aromatic carbocycles. The number of nitrogens with one attached hydrogen (secondary N) is 2. The molecule has 1 fully saturated rings. The summed E-state index contributed by atoms with van der Waals surface area (Å²) in [6.45, 7) is 0.413. The van der Waals surface area contributed by atoms with Crippen LogP contribution in [0, 0.1) is 0 Å². The predicted octanol–water partition coefficient (Wildman–Crippen LogP) is 0.266. The van der Waals surface area contributed by atoms with Crippen LogP contribution in [0.5, 0.6) is 0 Å². The third-order valence-electron chi connectivity index (χ3n) is 3.07. The molecule has 1 aromatic heterocycles. The van der Waals surface area contributed by atoms with E-state index < -0.39 is 10.0 Å². The van der Waals surface area contributed by atoms with Gasteiger partial charge in [0, 0.05) is 12.2 Å². The van der Waals surface area contributed by atoms with Crippen LogP contribution in [0.15, 0.2) is 23.2 Å². The van der Waals surface area contributed by atoms with Gasteiger partial charge in [-0.2, -0.15) is 0 Å². The summed E-state index contributed by atoms with van der Waals surface area (Å²) in [6.07, 6.45) is 5.38. The number of hydrogen-bond donors (Lipinski definition) is 3. The van der Waals surface area contributed by atoms with Gasteiger partial charge in [0.2, 0.25) is 10.0 Å². The lowest BCUT2D eigenvalue weighted by molar-refractivity contribution is 0.551. The van der Waals surface area contributed by atoms with Crippen LogP contribution in [0.1, 0.15) is 31.4 Å². The summed E-state index contributed by atoms with van der Waals surface area (Å²) in [6, 6.07) is 3.28. The van der Waals surface area contributed by atoms with E-state index in [2.05, 4.69) is 15.1 Å². The molecule has 1 aromatic rings. The number of pyridine rings is 1. The summed E-state index contributed by atoms with van der Waals surface area (Å²) in [5.41, 5.74) is 3.18. The van der Waals surface area contributed by atoms with Crippen molar-refractivity contribution >= 4 is 10.0 Å². The number of sulfonamides is 1. The van der Waals surface area contributed by atoms with Crippen LogP contribution in [0.25, 0.3) is 0 Å². The molecule has 0 amide bonds. The Kier molecular flexibility index (Phi) is 4.28. The summed E-state index contributed by atoms with van der Waals surface area (Å²) in [5, 5.41) is 0. The maximum atomic E-state index is 12.1. The van der Waals surface area contributed by atoms with E-state index in [1.54, 1.807) is 12.1 Å². The lowest BCUT2D eigenvalue weighted by atomic mass is 10.3. The van der Waals surface area contributed by atoms with E-state index >= 15 is 0 Å². The summed E-state index contributed by atoms with van der Waals surface area (Å²) in [5.74, 6) is 5.17. The monoisotopic (exact) mass is 270 g/mol. The number of nitrogens with zero attached hydrogens (tertiary/aromatic N) is 1. The Morgan fingerprint density at radius 1 is 1.33 bits per heavy atom. The highest BCUT2D eigenvalue weighted by molar-refractivity contribution is 7.89. The standard InChI is InChI=1S/C11H18N4O2S/c12-14-7-10-5-6-11(8-13-10)18(16,17)15-9-3-1-2-4-9/h5-6,8-9,14-15H,1-4,7,12H2. The molecule has 100 valence electrons. The van der Waals surface area contributed by atoms with E-state index in [-0.39, 0.29) is 10.9 Å². The Morgan fingerprint density at radius 3 is 2.61 bits per heavy atom. The zero-order chi connectivity index (χ0) is 13.0. The van der Waals surface area contributed by atoms with Crippen molar-refractivity contribution in [2.75, 3.05) is 0 Å². The van der Waals surface area contributed by atoms with Crippen molar-refractivity contribution in [2.24, 2.45) is 5.84 Å². The average Bonchev–Trinajstić information content (AvgIpc) is 2.82. The highest BCUT2D eigenvalue weighted by Gasteiger charge is 2.22. The predicted molar refractivity (Wildman–Crippen MR) is 67.8 cm³/mol. The van der Waals surface area contributed by atoms with Gasteiger partial charge in [0.25, 0.3) is 0 Å². The van der Waals surface area contributed by atoms with Crippen molar-refractivity contribution in [3.05, 3.63) is 24.0 Å². The zero-order valence-electron chi connectivity index (χ0n) is 10.1. The molecule has 0 radical (unpaired) electrons. The van der Waals surface area contributed by atoms with E-state index in [0.717, 1.165) is 25.7 Å². The highest BCUT2D eigenvalue weighted by atomic mass is 32.2. The van der Waals surface area contributed by atoms with Crippen LogP contribution < -0.4 is 16.0 Å². The van der Waals surface area contributed by atoms with Crippen LogP contribution in [0.2, 0.25) is 0 Å². The van der Waals surface area contributed by atoms with Crippen molar-refractivity contribution in [3.63, 3.8) is 0 Å². The molecular weight excluding hydrogens is 252 g/mol. The van der Waals surface area contributed by atoms with Crippen LogP contribution in [-0.4, -0.2) is 19.4 Å². The van der Waals surface area contributed by atoms with Gasteiger partial charge in [-0.1, -0.05) is 12.8 Å². The zero-order valence-corrected chi connectivity index (χ0v) is 10.9. The molecule has 1 aliphatic rings. The van der Waals surface area contributed by atoms with Crippen LogP contribution in [-0.2, 0) is 16.6 Å². The fourth-order valence-electron chi connectivity index (χ4n) is 2.11. The molecule has 0 bridgehead atoms. The van der Waals surface area contributed by atoms with Crippen molar-refractivity contribution in [2.45, 2.75) is 43.2 Å². The van der Waals surface area contributed by atoms with E-state index in [1.807, 2.05) is 0 Å². The lowest BCUT2D eigenvalue weighted by Crippen LogP contribution is -2.32. The lowest BCUT2D eigenvalue weighted by Gasteiger charge is -2.12. The minimum atomic E-state index is -3.44. The van der Waals surface area contributed by atoms with Gasteiger partial charge in [0.05, 0.1) is 12.2 Å². The van der Waals surface area contributed by atoms with Crippen molar-refractivity contribution < 1.29 is 8.42 Å². The number of hydrogen-bond acceptors (Lipinski definition) is 5. The van der Waals surface area contributed by atoms with Gasteiger partial charge >= 0.3 is 0 Å². The molecule has 0 unspecified atom stereocenters. The molecule has 1 saturated carbocycles. The van der Waals surface area contributed by atoms with E-state index in [9.17, 15) is 8.42 Å². The minimum absolute atomic E-state index is 0.0698. The minimum Gasteiger partial charge on any atom is -0.271 e. The summed E-state index contributed by atoms with van der Waals surface area (Å²) < 4.78 is 26.8. The van der Waals surface area contributed by atoms with Crippen LogP contribution in [0.3, 0.4) is 0 Å². The van der Waals surface area contributed by atoms with Crippen LogP contribution >= 0.6 is 0 Å². The molecule has 0 atom stereocenters. The fraction of sp³-hybridized carbons (Fsp3) is 0.545. The molecule has 1 heterocycles. The Morgan fingerprint density at radius 2 is 2.06 bits per heavy atom. The molecule has 0 spiro atoms. The topological polar surface area (TPSA) is 97.1 Å². The van der Waals surface area contributed by atoms with Gasteiger partial charge in [-0.15, -0.1) is 0 Å². The molecule has 7 heteroatoms. The molecule has 6 nitrogen and oxygen atoms in total. The van der Waals surface area contributed by atoms with E-state index in [4.69, 9.17) is 5.84 Å². The van der Waals surface area contributed by atoms with Gasteiger partial charge in [0.1, 0.15) is 4.90 Å². The number of rotatable bonds is 5. The van der Waals surface area contributed by atoms with Gasteiger partial charge in [0.15, 0.2) is 0 Å². The van der Waals surface area contributed by atoms with Crippen molar-refractivity contribution in [3.8, 4) is 0 Å². The van der Waals surface area contributed by atoms with E-state index in [1.165, 1.54) is 6.20 Å². The Bertz CT molecular complexity index is 480. The van der Waals surface area contributed by atoms with Crippen molar-refractivity contribution in [1.29, 1.82) is 0 Å². The second-order valence-corrected chi connectivity index (χ2v) is 6.18. The Hall–Kier alpha value is -1.02. The van der Waals surface area contributed by atoms with E-state index in [0.29, 0.717) is 12.2 Å². The number of nitrogens with two attached hydrogens (primary N) is 1. The normalized spacial score (nSPS) is 17.2. The second kappa shape index (κ2) is 5.75. The summed E-state index contributed by atoms with van der Waals surface area (Å²) in [7, 11) is -3.44. The Labute approximate surface area is 107 Å². The summed E-state index contributed by atoms with van der Waals surface area (Å²) >= 11 is 0. The second-order valence-electron chi connectivity index (χ2n) is 4.47. The quantitative estimate of drug-likeness (QED) is 0.527. The fourth-order valence-corrected chi connectivity index (χ4v) is 3.36. The van der Waals surface area contributed by atoms with Gasteiger partial charge in [-0.25, -0.2) is 13.1 Å². The first-order valence-electron chi connectivity index (χ1n) is 6.02. The third-order valence-corrected chi connectivity index (χ3v) is 4.57. The van der Waals surface area contributed by atoms with Gasteiger partial charge < -0.3 is 0 Å². The first-order chi connectivity index (χ1) is 8.62. The molecule has 0 aliphatic heterocycles. The summed E-state index contributed by atoms with van der Waals surface area (Å²) in [4.78, 5) is 4.25. The average molecular weight is 270 g/mol. The van der Waals surface area contributed by atoms with Gasteiger partial charge in [-0.3, -0.25) is 16.3 Å². The first kappa shape index (κ1) is 13.4. The molecule has 4 N–H and O–H groups in total. The molecule has 1 aliphatic carbocycles. The largest absolute Gasteiger partial charge is 0.271 e. The van der Waals surface area contributed by atoms with Crippen LogP contribution in [0.4, 0.5) is 0 Å². The third kappa shape index (κ3) is 3.26. The number of aromatic nitrogens is 1. The maximum Gasteiger partial charge on any atom is 0.242 e. The molecule has 18 heavy (non-hydrogen) atoms.